The Bertz CT molecular complexity index is 432. The molecule has 2 N–H and O–H groups in total. The standard InChI is InChI=1S/C12H16ClNO3/c1-7-6-9(16-2)10(8(15)4-5-14)11(13)12(7)17-3/h6H,4-5,14H2,1-3H3. The van der Waals surface area contributed by atoms with Crippen molar-refractivity contribution in [3.8, 4) is 11.5 Å². The Balaban J connectivity index is 3.39. The average Bonchev–Trinajstić information content (AvgIpc) is 2.28. The first-order valence-electron chi connectivity index (χ1n) is 5.21. The summed E-state index contributed by atoms with van der Waals surface area (Å²) in [7, 11) is 3.01. The van der Waals surface area contributed by atoms with E-state index in [0.29, 0.717) is 17.1 Å². The zero-order chi connectivity index (χ0) is 13.0. The Hall–Kier alpha value is -1.26. The van der Waals surface area contributed by atoms with Gasteiger partial charge in [0.1, 0.15) is 11.5 Å². The van der Waals surface area contributed by atoms with Gasteiger partial charge in [-0.2, -0.15) is 0 Å². The predicted octanol–water partition coefficient (Wildman–Crippen LogP) is 2.20. The number of hydrogen-bond acceptors (Lipinski definition) is 4. The Morgan fingerprint density at radius 1 is 1.41 bits per heavy atom. The van der Waals surface area contributed by atoms with Gasteiger partial charge in [-0.15, -0.1) is 0 Å². The fourth-order valence-electron chi connectivity index (χ4n) is 1.66. The molecule has 17 heavy (non-hydrogen) atoms. The van der Waals surface area contributed by atoms with Crippen LogP contribution < -0.4 is 15.2 Å². The molecule has 0 bridgehead atoms. The Kier molecular flexibility index (Phi) is 4.78. The number of carbonyl (C=O) groups excluding carboxylic acids is 1. The maximum absolute atomic E-state index is 11.9. The van der Waals surface area contributed by atoms with Crippen LogP contribution in [0.4, 0.5) is 0 Å². The number of ketones is 1. The summed E-state index contributed by atoms with van der Waals surface area (Å²) in [5.41, 5.74) is 6.53. The second-order valence-corrected chi connectivity index (χ2v) is 3.96. The van der Waals surface area contributed by atoms with Crippen LogP contribution >= 0.6 is 11.6 Å². The number of carbonyl (C=O) groups is 1. The van der Waals surface area contributed by atoms with Crippen molar-refractivity contribution < 1.29 is 14.3 Å². The number of Topliss-reactive ketones (excluding diaryl/α,β-unsaturated/α-hetero) is 1. The van der Waals surface area contributed by atoms with Gasteiger partial charge in [-0.05, 0) is 25.1 Å². The summed E-state index contributed by atoms with van der Waals surface area (Å²) in [6, 6.07) is 1.73. The van der Waals surface area contributed by atoms with Gasteiger partial charge in [0.2, 0.25) is 0 Å². The van der Waals surface area contributed by atoms with Gasteiger partial charge in [0.05, 0.1) is 24.8 Å². The maximum atomic E-state index is 11.9. The van der Waals surface area contributed by atoms with Crippen molar-refractivity contribution in [1.82, 2.24) is 0 Å². The molecule has 0 saturated carbocycles. The van der Waals surface area contributed by atoms with E-state index >= 15 is 0 Å². The highest BCUT2D eigenvalue weighted by Gasteiger charge is 2.21. The number of methoxy groups -OCH3 is 2. The van der Waals surface area contributed by atoms with Crippen LogP contribution in [-0.2, 0) is 0 Å². The zero-order valence-corrected chi connectivity index (χ0v) is 10.9. The highest BCUT2D eigenvalue weighted by molar-refractivity contribution is 6.36. The Labute approximate surface area is 106 Å². The predicted molar refractivity (Wildman–Crippen MR) is 67.3 cm³/mol. The lowest BCUT2D eigenvalue weighted by atomic mass is 10.0. The van der Waals surface area contributed by atoms with Gasteiger partial charge in [0.25, 0.3) is 0 Å². The van der Waals surface area contributed by atoms with Crippen LogP contribution in [0.2, 0.25) is 5.02 Å². The van der Waals surface area contributed by atoms with Crippen molar-refractivity contribution in [2.24, 2.45) is 5.73 Å². The van der Waals surface area contributed by atoms with Crippen molar-refractivity contribution >= 4 is 17.4 Å². The largest absolute Gasteiger partial charge is 0.496 e. The van der Waals surface area contributed by atoms with Crippen molar-refractivity contribution in [2.45, 2.75) is 13.3 Å². The molecule has 0 spiro atoms. The first-order chi connectivity index (χ1) is 8.06. The van der Waals surface area contributed by atoms with Crippen molar-refractivity contribution in [2.75, 3.05) is 20.8 Å². The van der Waals surface area contributed by atoms with Gasteiger partial charge in [0.15, 0.2) is 5.78 Å². The molecule has 0 amide bonds. The monoisotopic (exact) mass is 257 g/mol. The topological polar surface area (TPSA) is 61.5 Å². The number of rotatable bonds is 5. The Morgan fingerprint density at radius 2 is 2.06 bits per heavy atom. The van der Waals surface area contributed by atoms with E-state index < -0.39 is 0 Å². The van der Waals surface area contributed by atoms with Gasteiger partial charge >= 0.3 is 0 Å². The molecule has 1 aromatic rings. The van der Waals surface area contributed by atoms with E-state index in [9.17, 15) is 4.79 Å². The van der Waals surface area contributed by atoms with Crippen molar-refractivity contribution in [1.29, 1.82) is 0 Å². The molecular formula is C12H16ClNO3. The lowest BCUT2D eigenvalue weighted by Crippen LogP contribution is -2.11. The minimum Gasteiger partial charge on any atom is -0.496 e. The number of ether oxygens (including phenoxy) is 2. The van der Waals surface area contributed by atoms with E-state index in [-0.39, 0.29) is 23.8 Å². The minimum atomic E-state index is -0.146. The molecular weight excluding hydrogens is 242 g/mol. The lowest BCUT2D eigenvalue weighted by molar-refractivity contribution is 0.0982. The summed E-state index contributed by atoms with van der Waals surface area (Å²) in [5, 5.41) is 0.280. The number of benzene rings is 1. The molecule has 0 aliphatic carbocycles. The number of halogens is 1. The second kappa shape index (κ2) is 5.89. The van der Waals surface area contributed by atoms with E-state index in [1.165, 1.54) is 14.2 Å². The summed E-state index contributed by atoms with van der Waals surface area (Å²) < 4.78 is 10.3. The second-order valence-electron chi connectivity index (χ2n) is 3.58. The van der Waals surface area contributed by atoms with Crippen molar-refractivity contribution in [3.63, 3.8) is 0 Å². The smallest absolute Gasteiger partial charge is 0.169 e. The van der Waals surface area contributed by atoms with Crippen LogP contribution in [0.15, 0.2) is 6.07 Å². The molecule has 4 nitrogen and oxygen atoms in total. The summed E-state index contributed by atoms with van der Waals surface area (Å²) in [6.45, 7) is 2.11. The van der Waals surface area contributed by atoms with E-state index in [2.05, 4.69) is 0 Å². The normalized spacial score (nSPS) is 10.2. The maximum Gasteiger partial charge on any atom is 0.169 e. The summed E-state index contributed by atoms with van der Waals surface area (Å²) in [6.07, 6.45) is 0.224. The summed E-state index contributed by atoms with van der Waals surface area (Å²) >= 11 is 6.16. The van der Waals surface area contributed by atoms with Crippen LogP contribution in [0.25, 0.3) is 0 Å². The molecule has 94 valence electrons. The third-order valence-electron chi connectivity index (χ3n) is 2.45. The van der Waals surface area contributed by atoms with Gasteiger partial charge < -0.3 is 15.2 Å². The van der Waals surface area contributed by atoms with E-state index in [4.69, 9.17) is 26.8 Å². The molecule has 0 radical (unpaired) electrons. The van der Waals surface area contributed by atoms with Crippen LogP contribution in [0.3, 0.4) is 0 Å². The third kappa shape index (κ3) is 2.70. The molecule has 0 unspecified atom stereocenters. The summed E-state index contributed by atoms with van der Waals surface area (Å²) in [5.74, 6) is 0.798. The Morgan fingerprint density at radius 3 is 2.53 bits per heavy atom. The molecule has 0 aliphatic rings. The molecule has 1 rings (SSSR count). The molecule has 0 heterocycles. The molecule has 0 aromatic heterocycles. The number of aryl methyl sites for hydroxylation is 1. The van der Waals surface area contributed by atoms with Gasteiger partial charge in [0, 0.05) is 6.42 Å². The van der Waals surface area contributed by atoms with E-state index in [0.717, 1.165) is 5.56 Å². The summed E-state index contributed by atoms with van der Waals surface area (Å²) in [4.78, 5) is 11.9. The quantitative estimate of drug-likeness (QED) is 0.822. The van der Waals surface area contributed by atoms with Gasteiger partial charge in [-0.1, -0.05) is 11.6 Å². The van der Waals surface area contributed by atoms with Crippen LogP contribution in [-0.4, -0.2) is 26.5 Å². The molecule has 0 atom stereocenters. The first-order valence-corrected chi connectivity index (χ1v) is 5.58. The third-order valence-corrected chi connectivity index (χ3v) is 2.81. The molecule has 1 aromatic carbocycles. The number of hydrogen-bond donors (Lipinski definition) is 1. The molecule has 0 aliphatic heterocycles. The fraction of sp³-hybridized carbons (Fsp3) is 0.417. The van der Waals surface area contributed by atoms with E-state index in [1.54, 1.807) is 6.07 Å². The first kappa shape index (κ1) is 13.8. The number of nitrogens with two attached hydrogens (primary N) is 1. The highest BCUT2D eigenvalue weighted by atomic mass is 35.5. The van der Waals surface area contributed by atoms with Gasteiger partial charge in [-0.25, -0.2) is 0 Å². The van der Waals surface area contributed by atoms with Crippen LogP contribution in [0, 0.1) is 6.92 Å². The average molecular weight is 258 g/mol. The molecule has 0 saturated heterocycles. The molecule has 5 heteroatoms. The zero-order valence-electron chi connectivity index (χ0n) is 10.2. The highest BCUT2D eigenvalue weighted by Crippen LogP contribution is 2.38. The van der Waals surface area contributed by atoms with Crippen LogP contribution in [0.5, 0.6) is 11.5 Å². The van der Waals surface area contributed by atoms with E-state index in [1.807, 2.05) is 6.92 Å². The van der Waals surface area contributed by atoms with Crippen molar-refractivity contribution in [3.05, 3.63) is 22.2 Å². The fourth-order valence-corrected chi connectivity index (χ4v) is 2.08. The van der Waals surface area contributed by atoms with Crippen LogP contribution in [0.1, 0.15) is 22.3 Å². The lowest BCUT2D eigenvalue weighted by Gasteiger charge is -2.14. The van der Waals surface area contributed by atoms with Gasteiger partial charge in [-0.3, -0.25) is 4.79 Å². The minimum absolute atomic E-state index is 0.146. The SMILES string of the molecule is COc1cc(C)c(OC)c(Cl)c1C(=O)CCN. The molecule has 0 fully saturated rings.